The number of likely N-dealkylation sites (tertiary alicyclic amines) is 1. The highest BCUT2D eigenvalue weighted by molar-refractivity contribution is 5.76. The molecule has 0 radical (unpaired) electrons. The van der Waals surface area contributed by atoms with Gasteiger partial charge >= 0.3 is 6.09 Å². The van der Waals surface area contributed by atoms with E-state index < -0.39 is 5.60 Å². The lowest BCUT2D eigenvalue weighted by molar-refractivity contribution is -0.122. The molecule has 19 heavy (non-hydrogen) atoms. The first-order valence-electron chi connectivity index (χ1n) is 6.94. The average Bonchev–Trinajstić information content (AvgIpc) is 2.61. The predicted octanol–water partition coefficient (Wildman–Crippen LogP) is 2.16. The van der Waals surface area contributed by atoms with Crippen molar-refractivity contribution in [3.63, 3.8) is 0 Å². The fourth-order valence-corrected chi connectivity index (χ4v) is 2.03. The second-order valence-electron chi connectivity index (χ2n) is 6.58. The van der Waals surface area contributed by atoms with Crippen molar-refractivity contribution < 1.29 is 14.3 Å². The van der Waals surface area contributed by atoms with Gasteiger partial charge in [-0.05, 0) is 33.1 Å². The highest BCUT2D eigenvalue weighted by Crippen LogP contribution is 2.15. The Kier molecular flexibility index (Phi) is 5.20. The maximum atomic E-state index is 11.9. The molecule has 0 aromatic carbocycles. The van der Waals surface area contributed by atoms with Gasteiger partial charge in [0.25, 0.3) is 0 Å². The third-order valence-electron chi connectivity index (χ3n) is 2.80. The number of nitrogens with zero attached hydrogens (tertiary/aromatic N) is 1. The fraction of sp³-hybridized carbons (Fsp3) is 0.857. The summed E-state index contributed by atoms with van der Waals surface area (Å²) in [6, 6.07) is 0.0544. The van der Waals surface area contributed by atoms with Crippen molar-refractivity contribution in [2.24, 2.45) is 5.92 Å². The number of hydrogen-bond donors (Lipinski definition) is 1. The van der Waals surface area contributed by atoms with E-state index in [1.165, 1.54) is 0 Å². The summed E-state index contributed by atoms with van der Waals surface area (Å²) in [5.74, 6) is 0.411. The third kappa shape index (κ3) is 5.94. The molecule has 1 atom stereocenters. The van der Waals surface area contributed by atoms with Crippen LogP contribution in [0.25, 0.3) is 0 Å². The Balaban J connectivity index is 2.37. The lowest BCUT2D eigenvalue weighted by Crippen LogP contribution is -2.40. The van der Waals surface area contributed by atoms with E-state index in [4.69, 9.17) is 4.74 Å². The zero-order chi connectivity index (χ0) is 14.6. The summed E-state index contributed by atoms with van der Waals surface area (Å²) < 4.78 is 5.31. The molecule has 2 amide bonds. The quantitative estimate of drug-likeness (QED) is 0.855. The molecule has 0 aromatic heterocycles. The van der Waals surface area contributed by atoms with E-state index in [1.807, 2.05) is 34.6 Å². The van der Waals surface area contributed by atoms with Gasteiger partial charge in [0.05, 0.1) is 0 Å². The SMILES string of the molecule is CC(C)CC(=O)NC1CCN(C(=O)OC(C)(C)C)C1. The Bertz CT molecular complexity index is 334. The van der Waals surface area contributed by atoms with Crippen LogP contribution in [0.3, 0.4) is 0 Å². The molecule has 0 aliphatic carbocycles. The Labute approximate surface area is 115 Å². The van der Waals surface area contributed by atoms with Crippen LogP contribution in [0.5, 0.6) is 0 Å². The largest absolute Gasteiger partial charge is 0.444 e. The normalized spacial score (nSPS) is 19.7. The van der Waals surface area contributed by atoms with Crippen LogP contribution in [0.15, 0.2) is 0 Å². The molecule has 1 aliphatic rings. The van der Waals surface area contributed by atoms with E-state index in [1.54, 1.807) is 4.90 Å². The summed E-state index contributed by atoms with van der Waals surface area (Å²) >= 11 is 0. The van der Waals surface area contributed by atoms with Gasteiger partial charge in [0.1, 0.15) is 5.60 Å². The first-order valence-corrected chi connectivity index (χ1v) is 6.94. The first-order chi connectivity index (χ1) is 8.67. The first kappa shape index (κ1) is 15.8. The van der Waals surface area contributed by atoms with Crippen molar-refractivity contribution in [2.75, 3.05) is 13.1 Å². The van der Waals surface area contributed by atoms with Crippen LogP contribution in [0.4, 0.5) is 4.79 Å². The molecular weight excluding hydrogens is 244 g/mol. The zero-order valence-corrected chi connectivity index (χ0v) is 12.7. The number of ether oxygens (including phenoxy) is 1. The smallest absolute Gasteiger partial charge is 0.410 e. The average molecular weight is 270 g/mol. The summed E-state index contributed by atoms with van der Waals surface area (Å²) in [6.45, 7) is 10.8. The van der Waals surface area contributed by atoms with Crippen molar-refractivity contribution >= 4 is 12.0 Å². The molecule has 0 aromatic rings. The molecule has 1 fully saturated rings. The minimum atomic E-state index is -0.476. The molecule has 5 nitrogen and oxygen atoms in total. The van der Waals surface area contributed by atoms with E-state index >= 15 is 0 Å². The molecule has 1 N–H and O–H groups in total. The maximum absolute atomic E-state index is 11.9. The molecule has 110 valence electrons. The maximum Gasteiger partial charge on any atom is 0.410 e. The number of nitrogens with one attached hydrogen (secondary N) is 1. The highest BCUT2D eigenvalue weighted by Gasteiger charge is 2.30. The van der Waals surface area contributed by atoms with Crippen LogP contribution >= 0.6 is 0 Å². The Morgan fingerprint density at radius 2 is 2.00 bits per heavy atom. The number of carbonyl (C=O) groups is 2. The highest BCUT2D eigenvalue weighted by atomic mass is 16.6. The molecule has 5 heteroatoms. The molecule has 1 aliphatic heterocycles. The van der Waals surface area contributed by atoms with E-state index in [9.17, 15) is 9.59 Å². The number of hydrogen-bond acceptors (Lipinski definition) is 3. The minimum Gasteiger partial charge on any atom is -0.444 e. The molecule has 1 saturated heterocycles. The molecule has 0 saturated carbocycles. The molecule has 0 spiro atoms. The molecule has 1 rings (SSSR count). The molecule has 1 heterocycles. The molecular formula is C14H26N2O3. The second-order valence-corrected chi connectivity index (χ2v) is 6.58. The second kappa shape index (κ2) is 6.26. The van der Waals surface area contributed by atoms with E-state index in [0.717, 1.165) is 6.42 Å². The van der Waals surface area contributed by atoms with Gasteiger partial charge in [-0.3, -0.25) is 4.79 Å². The fourth-order valence-electron chi connectivity index (χ4n) is 2.03. The molecule has 0 bridgehead atoms. The Morgan fingerprint density at radius 1 is 1.37 bits per heavy atom. The van der Waals surface area contributed by atoms with Gasteiger partial charge in [0.2, 0.25) is 5.91 Å². The van der Waals surface area contributed by atoms with E-state index in [2.05, 4.69) is 5.32 Å². The van der Waals surface area contributed by atoms with Gasteiger partial charge in [-0.15, -0.1) is 0 Å². The predicted molar refractivity (Wildman–Crippen MR) is 73.8 cm³/mol. The number of amides is 2. The summed E-state index contributed by atoms with van der Waals surface area (Å²) in [4.78, 5) is 25.2. The topological polar surface area (TPSA) is 58.6 Å². The van der Waals surface area contributed by atoms with Crippen LogP contribution in [0, 0.1) is 5.92 Å². The van der Waals surface area contributed by atoms with Crippen molar-refractivity contribution in [1.82, 2.24) is 10.2 Å². The van der Waals surface area contributed by atoms with Gasteiger partial charge in [-0.2, -0.15) is 0 Å². The summed E-state index contributed by atoms with van der Waals surface area (Å²) in [5, 5.41) is 2.97. The van der Waals surface area contributed by atoms with Crippen LogP contribution in [0.1, 0.15) is 47.5 Å². The van der Waals surface area contributed by atoms with Crippen molar-refractivity contribution in [2.45, 2.75) is 59.1 Å². The zero-order valence-electron chi connectivity index (χ0n) is 12.7. The van der Waals surface area contributed by atoms with Gasteiger partial charge in [0, 0.05) is 25.6 Å². The summed E-state index contributed by atoms with van der Waals surface area (Å²) in [6.07, 6.45) is 1.03. The van der Waals surface area contributed by atoms with Gasteiger partial charge < -0.3 is 15.0 Å². The van der Waals surface area contributed by atoms with Crippen LogP contribution in [-0.2, 0) is 9.53 Å². The minimum absolute atomic E-state index is 0.0544. The van der Waals surface area contributed by atoms with Crippen LogP contribution in [-0.4, -0.2) is 41.6 Å². The van der Waals surface area contributed by atoms with Crippen molar-refractivity contribution in [1.29, 1.82) is 0 Å². The monoisotopic (exact) mass is 270 g/mol. The van der Waals surface area contributed by atoms with E-state index in [-0.39, 0.29) is 18.0 Å². The summed E-state index contributed by atoms with van der Waals surface area (Å²) in [5.41, 5.74) is -0.476. The molecule has 1 unspecified atom stereocenters. The van der Waals surface area contributed by atoms with Crippen LogP contribution < -0.4 is 5.32 Å². The number of rotatable bonds is 3. The van der Waals surface area contributed by atoms with Crippen molar-refractivity contribution in [3.8, 4) is 0 Å². The lowest BCUT2D eigenvalue weighted by atomic mass is 10.1. The summed E-state index contributed by atoms with van der Waals surface area (Å²) in [7, 11) is 0. The number of carbonyl (C=O) groups excluding carboxylic acids is 2. The Morgan fingerprint density at radius 3 is 2.53 bits per heavy atom. The standard InChI is InChI=1S/C14H26N2O3/c1-10(2)8-12(17)15-11-6-7-16(9-11)13(18)19-14(3,4)5/h10-11H,6-9H2,1-5H3,(H,15,17). The Hall–Kier alpha value is -1.26. The van der Waals surface area contributed by atoms with Gasteiger partial charge in [0.15, 0.2) is 0 Å². The van der Waals surface area contributed by atoms with E-state index in [0.29, 0.717) is 25.4 Å². The van der Waals surface area contributed by atoms with Crippen LogP contribution in [0.2, 0.25) is 0 Å². The van der Waals surface area contributed by atoms with Gasteiger partial charge in [-0.25, -0.2) is 4.79 Å². The van der Waals surface area contributed by atoms with Gasteiger partial charge in [-0.1, -0.05) is 13.8 Å². The lowest BCUT2D eigenvalue weighted by Gasteiger charge is -2.24. The third-order valence-corrected chi connectivity index (χ3v) is 2.80. The van der Waals surface area contributed by atoms with Crippen molar-refractivity contribution in [3.05, 3.63) is 0 Å².